The molecule has 0 aliphatic carbocycles. The largest absolute Gasteiger partial charge is 0.319 e. The lowest BCUT2D eigenvalue weighted by atomic mass is 9.81. The van der Waals surface area contributed by atoms with E-state index in [0.717, 1.165) is 6.54 Å². The highest BCUT2D eigenvalue weighted by Gasteiger charge is 2.26. The van der Waals surface area contributed by atoms with Crippen LogP contribution in [0.1, 0.15) is 33.1 Å². The van der Waals surface area contributed by atoms with Crippen molar-refractivity contribution in [1.29, 1.82) is 0 Å². The quantitative estimate of drug-likeness (QED) is 0.632. The molecule has 0 rings (SSSR count). The van der Waals surface area contributed by atoms with Crippen LogP contribution in [-0.2, 0) is 0 Å². The maximum absolute atomic E-state index is 3.36. The van der Waals surface area contributed by atoms with Crippen LogP contribution in [0.5, 0.6) is 0 Å². The van der Waals surface area contributed by atoms with Gasteiger partial charge in [-0.2, -0.15) is 0 Å². The molecule has 0 amide bonds. The first-order chi connectivity index (χ1) is 7.99. The van der Waals surface area contributed by atoms with Gasteiger partial charge in [-0.3, -0.25) is 0 Å². The Labute approximate surface area is 109 Å². The first-order valence-electron chi connectivity index (χ1n) is 6.97. The van der Waals surface area contributed by atoms with Crippen molar-refractivity contribution in [2.24, 2.45) is 5.41 Å². The zero-order valence-electron chi connectivity index (χ0n) is 12.8. The molecule has 0 aliphatic heterocycles. The predicted molar refractivity (Wildman–Crippen MR) is 77.6 cm³/mol. The summed E-state index contributed by atoms with van der Waals surface area (Å²) in [6.07, 6.45) is 3.76. The lowest BCUT2D eigenvalue weighted by molar-refractivity contribution is 0.154. The summed E-state index contributed by atoms with van der Waals surface area (Å²) >= 11 is 0. The minimum absolute atomic E-state index is 0.446. The molecule has 0 aromatic rings. The van der Waals surface area contributed by atoms with E-state index >= 15 is 0 Å². The summed E-state index contributed by atoms with van der Waals surface area (Å²) in [6, 6.07) is 0. The first-order valence-corrected chi connectivity index (χ1v) is 6.97. The number of rotatable bonds is 10. The van der Waals surface area contributed by atoms with Crippen LogP contribution in [-0.4, -0.2) is 64.2 Å². The van der Waals surface area contributed by atoms with Crippen molar-refractivity contribution >= 4 is 0 Å². The first kappa shape index (κ1) is 16.9. The van der Waals surface area contributed by atoms with Crippen LogP contribution in [0.4, 0.5) is 0 Å². The van der Waals surface area contributed by atoms with E-state index in [1.165, 1.54) is 38.9 Å². The van der Waals surface area contributed by atoms with Gasteiger partial charge in [-0.15, -0.1) is 0 Å². The van der Waals surface area contributed by atoms with E-state index < -0.39 is 0 Å². The van der Waals surface area contributed by atoms with Crippen molar-refractivity contribution in [3.05, 3.63) is 0 Å². The average Bonchev–Trinajstić information content (AvgIpc) is 2.27. The van der Waals surface area contributed by atoms with Gasteiger partial charge in [-0.25, -0.2) is 0 Å². The van der Waals surface area contributed by atoms with Crippen LogP contribution in [0.25, 0.3) is 0 Å². The van der Waals surface area contributed by atoms with Gasteiger partial charge in [0.05, 0.1) is 0 Å². The molecule has 0 saturated carbocycles. The second-order valence-corrected chi connectivity index (χ2v) is 5.63. The molecular formula is C14H33N3. The van der Waals surface area contributed by atoms with Crippen LogP contribution in [0, 0.1) is 5.41 Å². The van der Waals surface area contributed by atoms with Gasteiger partial charge in [-0.05, 0) is 66.0 Å². The van der Waals surface area contributed by atoms with Crippen LogP contribution in [0.2, 0.25) is 0 Å². The standard InChI is InChI=1S/C14H33N3/c1-7-14(8-2,12-15-3)13-17(6)11-9-10-16(4)5/h15H,7-13H2,1-6H3. The Bertz CT molecular complexity index is 176. The number of nitrogens with one attached hydrogen (secondary N) is 1. The van der Waals surface area contributed by atoms with Gasteiger partial charge in [0.2, 0.25) is 0 Å². The van der Waals surface area contributed by atoms with E-state index in [9.17, 15) is 0 Å². The average molecular weight is 243 g/mol. The number of hydrogen-bond donors (Lipinski definition) is 1. The Hall–Kier alpha value is -0.120. The smallest absolute Gasteiger partial charge is 0.00469 e. The molecule has 3 nitrogen and oxygen atoms in total. The zero-order valence-corrected chi connectivity index (χ0v) is 12.8. The molecule has 0 bridgehead atoms. The second kappa shape index (κ2) is 8.90. The highest BCUT2D eigenvalue weighted by atomic mass is 15.1. The van der Waals surface area contributed by atoms with Gasteiger partial charge in [0.15, 0.2) is 0 Å². The molecule has 0 unspecified atom stereocenters. The third-order valence-corrected chi connectivity index (χ3v) is 3.80. The van der Waals surface area contributed by atoms with Crippen LogP contribution < -0.4 is 5.32 Å². The van der Waals surface area contributed by atoms with Crippen molar-refractivity contribution in [3.8, 4) is 0 Å². The minimum Gasteiger partial charge on any atom is -0.319 e. The Balaban J connectivity index is 4.07. The molecule has 0 aromatic carbocycles. The fourth-order valence-electron chi connectivity index (χ4n) is 2.46. The van der Waals surface area contributed by atoms with E-state index in [1.54, 1.807) is 0 Å². The molecule has 17 heavy (non-hydrogen) atoms. The number of hydrogen-bond acceptors (Lipinski definition) is 3. The molecule has 0 fully saturated rings. The molecule has 0 atom stereocenters. The highest BCUT2D eigenvalue weighted by Crippen LogP contribution is 2.26. The van der Waals surface area contributed by atoms with E-state index in [4.69, 9.17) is 0 Å². The molecule has 104 valence electrons. The molecule has 0 spiro atoms. The van der Waals surface area contributed by atoms with Gasteiger partial charge < -0.3 is 15.1 Å². The van der Waals surface area contributed by atoms with Gasteiger partial charge >= 0.3 is 0 Å². The third-order valence-electron chi connectivity index (χ3n) is 3.80. The normalized spacial score (nSPS) is 12.7. The van der Waals surface area contributed by atoms with E-state index in [-0.39, 0.29) is 0 Å². The molecular weight excluding hydrogens is 210 g/mol. The zero-order chi connectivity index (χ0) is 13.3. The van der Waals surface area contributed by atoms with E-state index in [1.807, 2.05) is 0 Å². The Morgan fingerprint density at radius 1 is 1.00 bits per heavy atom. The Morgan fingerprint density at radius 3 is 2.00 bits per heavy atom. The second-order valence-electron chi connectivity index (χ2n) is 5.63. The van der Waals surface area contributed by atoms with Gasteiger partial charge in [0, 0.05) is 13.1 Å². The summed E-state index contributed by atoms with van der Waals surface area (Å²) in [5, 5.41) is 3.36. The van der Waals surface area contributed by atoms with E-state index in [2.05, 4.69) is 57.2 Å². The maximum Gasteiger partial charge on any atom is 0.00469 e. The minimum atomic E-state index is 0.446. The topological polar surface area (TPSA) is 18.5 Å². The van der Waals surface area contributed by atoms with Crippen LogP contribution in [0.3, 0.4) is 0 Å². The summed E-state index contributed by atoms with van der Waals surface area (Å²) in [5.41, 5.74) is 0.446. The monoisotopic (exact) mass is 243 g/mol. The lowest BCUT2D eigenvalue weighted by Crippen LogP contribution is -2.42. The molecule has 0 heterocycles. The molecule has 0 aromatic heterocycles. The molecule has 3 heteroatoms. The third kappa shape index (κ3) is 7.02. The maximum atomic E-state index is 3.36. The van der Waals surface area contributed by atoms with Crippen LogP contribution in [0.15, 0.2) is 0 Å². The number of nitrogens with zero attached hydrogens (tertiary/aromatic N) is 2. The summed E-state index contributed by atoms with van der Waals surface area (Å²) < 4.78 is 0. The molecule has 1 N–H and O–H groups in total. The summed E-state index contributed by atoms with van der Waals surface area (Å²) in [6.45, 7) is 9.33. The van der Waals surface area contributed by atoms with Crippen molar-refractivity contribution in [2.75, 3.05) is 54.4 Å². The van der Waals surface area contributed by atoms with Gasteiger partial charge in [0.1, 0.15) is 0 Å². The predicted octanol–water partition coefficient (Wildman–Crippen LogP) is 1.90. The fourth-order valence-corrected chi connectivity index (χ4v) is 2.46. The fraction of sp³-hybridized carbons (Fsp3) is 1.00. The highest BCUT2D eigenvalue weighted by molar-refractivity contribution is 4.81. The van der Waals surface area contributed by atoms with Crippen molar-refractivity contribution in [1.82, 2.24) is 15.1 Å². The molecule has 0 aliphatic rings. The van der Waals surface area contributed by atoms with Gasteiger partial charge in [-0.1, -0.05) is 13.8 Å². The molecule has 0 saturated heterocycles. The summed E-state index contributed by atoms with van der Waals surface area (Å²) in [7, 11) is 8.60. The lowest BCUT2D eigenvalue weighted by Gasteiger charge is -2.36. The van der Waals surface area contributed by atoms with Gasteiger partial charge in [0.25, 0.3) is 0 Å². The van der Waals surface area contributed by atoms with Crippen LogP contribution >= 0.6 is 0 Å². The van der Waals surface area contributed by atoms with E-state index in [0.29, 0.717) is 5.41 Å². The Morgan fingerprint density at radius 2 is 1.59 bits per heavy atom. The SMILES string of the molecule is CCC(CC)(CNC)CN(C)CCCN(C)C. The Kier molecular flexibility index (Phi) is 8.83. The van der Waals surface area contributed by atoms with Crippen molar-refractivity contribution in [2.45, 2.75) is 33.1 Å². The van der Waals surface area contributed by atoms with Crippen molar-refractivity contribution < 1.29 is 0 Å². The summed E-state index contributed by atoms with van der Waals surface area (Å²) in [4.78, 5) is 4.75. The van der Waals surface area contributed by atoms with Crippen molar-refractivity contribution in [3.63, 3.8) is 0 Å². The summed E-state index contributed by atoms with van der Waals surface area (Å²) in [5.74, 6) is 0. The molecule has 0 radical (unpaired) electrons.